The first kappa shape index (κ1) is 18.4. The summed E-state index contributed by atoms with van der Waals surface area (Å²) in [4.78, 5) is 36.2. The van der Waals surface area contributed by atoms with Crippen LogP contribution in [-0.2, 0) is 9.59 Å². The van der Waals surface area contributed by atoms with E-state index in [1.54, 1.807) is 36.4 Å². The van der Waals surface area contributed by atoms with Crippen LogP contribution in [0.4, 0.5) is 0 Å². The molecular formula is C19H17N3O7. The molecular weight excluding hydrogens is 382 g/mol. The smallest absolute Gasteiger partial charge is 0.283 e. The van der Waals surface area contributed by atoms with E-state index in [1.807, 2.05) is 0 Å². The maximum absolute atomic E-state index is 12.1. The first-order valence-electron chi connectivity index (χ1n) is 8.75. The molecule has 2 heterocycles. The molecule has 10 nitrogen and oxygen atoms in total. The van der Waals surface area contributed by atoms with Crippen molar-refractivity contribution >= 4 is 17.7 Å². The Balaban J connectivity index is 1.22. The van der Waals surface area contributed by atoms with E-state index in [1.165, 1.54) is 6.07 Å². The summed E-state index contributed by atoms with van der Waals surface area (Å²) in [5, 5.41) is 2.45. The fourth-order valence-electron chi connectivity index (χ4n) is 2.71. The molecule has 2 aliphatic heterocycles. The third-order valence-electron chi connectivity index (χ3n) is 4.17. The topological polar surface area (TPSA) is 124 Å². The molecule has 3 N–H and O–H groups in total. The van der Waals surface area contributed by atoms with Gasteiger partial charge in [-0.3, -0.25) is 25.2 Å². The molecule has 1 atom stereocenters. The predicted molar refractivity (Wildman–Crippen MR) is 97.5 cm³/mol. The lowest BCUT2D eigenvalue weighted by Crippen LogP contribution is -2.52. The number of nitrogens with one attached hydrogen (secondary N) is 3. The second-order valence-corrected chi connectivity index (χ2v) is 6.15. The number of hydrogen-bond acceptors (Lipinski definition) is 7. The van der Waals surface area contributed by atoms with E-state index in [0.717, 1.165) is 0 Å². The van der Waals surface area contributed by atoms with Gasteiger partial charge in [0, 0.05) is 5.56 Å². The highest BCUT2D eigenvalue weighted by Crippen LogP contribution is 2.32. The van der Waals surface area contributed by atoms with Crippen LogP contribution >= 0.6 is 0 Å². The summed E-state index contributed by atoms with van der Waals surface area (Å²) < 4.78 is 21.4. The van der Waals surface area contributed by atoms with Gasteiger partial charge in [-0.2, -0.15) is 0 Å². The average molecular weight is 399 g/mol. The van der Waals surface area contributed by atoms with Gasteiger partial charge < -0.3 is 24.3 Å². The van der Waals surface area contributed by atoms with Gasteiger partial charge in [0.1, 0.15) is 6.61 Å². The maximum Gasteiger partial charge on any atom is 0.283 e. The normalized spacial score (nSPS) is 15.9. The molecule has 29 heavy (non-hydrogen) atoms. The minimum absolute atomic E-state index is 0.0135. The van der Waals surface area contributed by atoms with Crippen LogP contribution in [0.25, 0.3) is 0 Å². The van der Waals surface area contributed by atoms with Gasteiger partial charge in [-0.25, -0.2) is 0 Å². The highest BCUT2D eigenvalue weighted by Gasteiger charge is 2.27. The molecule has 0 unspecified atom stereocenters. The van der Waals surface area contributed by atoms with Crippen molar-refractivity contribution < 1.29 is 33.3 Å². The zero-order valence-corrected chi connectivity index (χ0v) is 15.1. The molecule has 2 aromatic carbocycles. The van der Waals surface area contributed by atoms with Gasteiger partial charge in [-0.05, 0) is 30.3 Å². The summed E-state index contributed by atoms with van der Waals surface area (Å²) in [6.07, 6.45) is -0.909. The number of fused-ring (bicyclic) bond motifs is 2. The Kier molecular flexibility index (Phi) is 5.06. The molecule has 2 aliphatic rings. The molecule has 0 radical (unpaired) electrons. The van der Waals surface area contributed by atoms with Gasteiger partial charge in [0.25, 0.3) is 17.7 Å². The molecule has 0 bridgehead atoms. The van der Waals surface area contributed by atoms with E-state index in [4.69, 9.17) is 18.9 Å². The fraction of sp³-hybridized carbons (Fsp3) is 0.211. The Morgan fingerprint density at radius 1 is 0.897 bits per heavy atom. The Morgan fingerprint density at radius 3 is 2.52 bits per heavy atom. The van der Waals surface area contributed by atoms with Crippen LogP contribution in [0.1, 0.15) is 10.4 Å². The third-order valence-corrected chi connectivity index (χ3v) is 4.17. The van der Waals surface area contributed by atoms with E-state index in [9.17, 15) is 14.4 Å². The summed E-state index contributed by atoms with van der Waals surface area (Å²) in [7, 11) is 0. The maximum atomic E-state index is 12.1. The standard InChI is InChI=1S/C19H17N3O7/c23-17(8-20-18(24)11-5-6-13-15(7-11)28-10-27-13)21-22-19(25)16-9-26-12-3-1-2-4-14(12)29-16/h1-7,16H,8-10H2,(H,20,24)(H,21,23)(H,22,25)/t16-/m0/s1. The van der Waals surface area contributed by atoms with E-state index in [-0.39, 0.29) is 19.9 Å². The highest BCUT2D eigenvalue weighted by molar-refractivity contribution is 5.97. The van der Waals surface area contributed by atoms with Crippen LogP contribution in [0.2, 0.25) is 0 Å². The van der Waals surface area contributed by atoms with Crippen LogP contribution in [0.15, 0.2) is 42.5 Å². The minimum atomic E-state index is -0.909. The van der Waals surface area contributed by atoms with Gasteiger partial charge in [0.05, 0.1) is 6.54 Å². The molecule has 0 saturated carbocycles. The molecule has 150 valence electrons. The average Bonchev–Trinajstić information content (AvgIpc) is 3.23. The Morgan fingerprint density at radius 2 is 1.66 bits per heavy atom. The van der Waals surface area contributed by atoms with E-state index in [2.05, 4.69) is 16.2 Å². The molecule has 4 rings (SSSR count). The zero-order chi connectivity index (χ0) is 20.2. The van der Waals surface area contributed by atoms with Crippen molar-refractivity contribution in [3.05, 3.63) is 48.0 Å². The summed E-state index contributed by atoms with van der Waals surface area (Å²) in [6, 6.07) is 11.7. The van der Waals surface area contributed by atoms with Gasteiger partial charge >= 0.3 is 0 Å². The van der Waals surface area contributed by atoms with Crippen molar-refractivity contribution in [2.45, 2.75) is 6.10 Å². The molecule has 0 fully saturated rings. The Bertz CT molecular complexity index is 963. The summed E-state index contributed by atoms with van der Waals surface area (Å²) in [6.45, 7) is -0.220. The second kappa shape index (κ2) is 7.97. The van der Waals surface area contributed by atoms with Crippen molar-refractivity contribution in [2.75, 3.05) is 19.9 Å². The lowest BCUT2D eigenvalue weighted by Gasteiger charge is -2.25. The van der Waals surface area contributed by atoms with Gasteiger partial charge in [-0.1, -0.05) is 12.1 Å². The molecule has 3 amide bonds. The largest absolute Gasteiger partial charge is 0.485 e. The molecule has 0 aromatic heterocycles. The van der Waals surface area contributed by atoms with Crippen LogP contribution in [-0.4, -0.2) is 43.8 Å². The number of ether oxygens (including phenoxy) is 4. The Hall–Kier alpha value is -3.95. The highest BCUT2D eigenvalue weighted by atomic mass is 16.7. The van der Waals surface area contributed by atoms with Crippen molar-refractivity contribution in [2.24, 2.45) is 0 Å². The van der Waals surface area contributed by atoms with E-state index >= 15 is 0 Å². The SMILES string of the molecule is O=C(CNC(=O)c1ccc2c(c1)OCO2)NNC(=O)[C@@H]1COc2ccccc2O1. The van der Waals surface area contributed by atoms with Gasteiger partial charge in [-0.15, -0.1) is 0 Å². The number of benzene rings is 2. The number of carbonyl (C=O) groups is 3. The van der Waals surface area contributed by atoms with Crippen LogP contribution in [0.3, 0.4) is 0 Å². The van der Waals surface area contributed by atoms with Gasteiger partial charge in [0.15, 0.2) is 23.0 Å². The number of rotatable bonds is 4. The van der Waals surface area contributed by atoms with Gasteiger partial charge in [0.2, 0.25) is 12.9 Å². The van der Waals surface area contributed by atoms with E-state index < -0.39 is 23.8 Å². The lowest BCUT2D eigenvalue weighted by molar-refractivity contribution is -0.134. The summed E-state index contributed by atoms with van der Waals surface area (Å²) >= 11 is 0. The van der Waals surface area contributed by atoms with Crippen molar-refractivity contribution in [1.29, 1.82) is 0 Å². The van der Waals surface area contributed by atoms with Crippen LogP contribution in [0.5, 0.6) is 23.0 Å². The Labute approximate surface area is 165 Å². The number of para-hydroxylation sites is 2. The van der Waals surface area contributed by atoms with Crippen LogP contribution in [0, 0.1) is 0 Å². The number of amides is 3. The predicted octanol–water partition coefficient (Wildman–Crippen LogP) is 0.133. The minimum Gasteiger partial charge on any atom is -0.485 e. The molecule has 0 spiro atoms. The number of carbonyl (C=O) groups excluding carboxylic acids is 3. The zero-order valence-electron chi connectivity index (χ0n) is 15.1. The van der Waals surface area contributed by atoms with Crippen LogP contribution < -0.4 is 35.1 Å². The lowest BCUT2D eigenvalue weighted by atomic mass is 10.2. The number of hydrogen-bond donors (Lipinski definition) is 3. The van der Waals surface area contributed by atoms with Crippen molar-refractivity contribution in [3.63, 3.8) is 0 Å². The summed E-state index contributed by atoms with van der Waals surface area (Å²) in [5.41, 5.74) is 4.79. The molecule has 10 heteroatoms. The third kappa shape index (κ3) is 4.15. The van der Waals surface area contributed by atoms with Crippen molar-refractivity contribution in [1.82, 2.24) is 16.2 Å². The first-order valence-corrected chi connectivity index (χ1v) is 8.75. The monoisotopic (exact) mass is 399 g/mol. The summed E-state index contributed by atoms with van der Waals surface area (Å²) in [5.74, 6) is 0.363. The quantitative estimate of drug-likeness (QED) is 0.625. The molecule has 2 aromatic rings. The van der Waals surface area contributed by atoms with Crippen molar-refractivity contribution in [3.8, 4) is 23.0 Å². The molecule has 0 saturated heterocycles. The first-order chi connectivity index (χ1) is 14.1. The molecule has 0 aliphatic carbocycles. The second-order valence-electron chi connectivity index (χ2n) is 6.15. The van der Waals surface area contributed by atoms with E-state index in [0.29, 0.717) is 28.6 Å². The fourth-order valence-corrected chi connectivity index (χ4v) is 2.71. The number of hydrazine groups is 1.